The first-order valence-electron chi connectivity index (χ1n) is 7.05. The van der Waals surface area contributed by atoms with Crippen molar-refractivity contribution in [3.8, 4) is 23.1 Å². The van der Waals surface area contributed by atoms with Gasteiger partial charge in [-0.15, -0.1) is 5.10 Å². The number of nitrogens with zero attached hydrogens (tertiary/aromatic N) is 4. The van der Waals surface area contributed by atoms with Crippen LogP contribution in [-0.4, -0.2) is 39.6 Å². The molecule has 9 heteroatoms. The van der Waals surface area contributed by atoms with Gasteiger partial charge in [-0.2, -0.15) is 5.10 Å². The molecule has 9 nitrogen and oxygen atoms in total. The summed E-state index contributed by atoms with van der Waals surface area (Å²) in [6.45, 7) is -0.221. The average Bonchev–Trinajstić information content (AvgIpc) is 3.22. The second-order valence-electron chi connectivity index (χ2n) is 4.77. The van der Waals surface area contributed by atoms with Crippen molar-refractivity contribution < 1.29 is 18.7 Å². The number of hydrogen-bond donors (Lipinski definition) is 1. The number of aromatic nitrogens is 4. The predicted octanol–water partition coefficient (Wildman–Crippen LogP) is 1.50. The number of carbonyl (C=O) groups is 1. The highest BCUT2D eigenvalue weighted by Crippen LogP contribution is 2.25. The van der Waals surface area contributed by atoms with Crippen LogP contribution in [0, 0.1) is 0 Å². The zero-order chi connectivity index (χ0) is 16.9. The SMILES string of the molecule is COc1ccccc1OCC(=O)Nc1nnc(-c2ccn(C)n2)o1. The van der Waals surface area contributed by atoms with E-state index in [9.17, 15) is 4.79 Å². The van der Waals surface area contributed by atoms with Crippen molar-refractivity contribution >= 4 is 11.9 Å². The Balaban J connectivity index is 1.58. The van der Waals surface area contributed by atoms with Gasteiger partial charge >= 0.3 is 6.01 Å². The van der Waals surface area contributed by atoms with Gasteiger partial charge in [-0.1, -0.05) is 17.2 Å². The molecule has 0 bridgehead atoms. The Hall–Kier alpha value is -3.36. The zero-order valence-electron chi connectivity index (χ0n) is 13.1. The molecule has 0 saturated heterocycles. The Kier molecular flexibility index (Phi) is 4.41. The van der Waals surface area contributed by atoms with Gasteiger partial charge in [0.25, 0.3) is 11.8 Å². The molecule has 0 fully saturated rings. The molecule has 3 aromatic rings. The number of amides is 1. The standard InChI is InChI=1S/C15H15N5O4/c1-20-8-7-10(19-20)14-17-18-15(24-14)16-13(21)9-23-12-6-4-3-5-11(12)22-2/h3-8H,9H2,1-2H3,(H,16,18,21). The van der Waals surface area contributed by atoms with Crippen LogP contribution in [0.4, 0.5) is 6.01 Å². The number of aryl methyl sites for hydroxylation is 1. The van der Waals surface area contributed by atoms with Crippen molar-refractivity contribution in [1.82, 2.24) is 20.0 Å². The molecule has 0 spiro atoms. The molecule has 1 amide bonds. The first kappa shape index (κ1) is 15.5. The van der Waals surface area contributed by atoms with Gasteiger partial charge in [0.05, 0.1) is 7.11 Å². The van der Waals surface area contributed by atoms with Crippen molar-refractivity contribution in [3.63, 3.8) is 0 Å². The molecule has 3 rings (SSSR count). The first-order chi connectivity index (χ1) is 11.7. The van der Waals surface area contributed by atoms with Gasteiger partial charge in [0.15, 0.2) is 18.1 Å². The fourth-order valence-corrected chi connectivity index (χ4v) is 1.94. The molecular formula is C15H15N5O4. The Bertz CT molecular complexity index is 842. The molecule has 0 unspecified atom stereocenters. The summed E-state index contributed by atoms with van der Waals surface area (Å²) in [5, 5.41) is 14.2. The van der Waals surface area contributed by atoms with E-state index in [0.717, 1.165) is 0 Å². The summed E-state index contributed by atoms with van der Waals surface area (Å²) in [4.78, 5) is 11.9. The maximum atomic E-state index is 11.9. The summed E-state index contributed by atoms with van der Waals surface area (Å²) in [5.74, 6) is 0.795. The lowest BCUT2D eigenvalue weighted by Gasteiger charge is -2.09. The lowest BCUT2D eigenvalue weighted by atomic mass is 10.3. The number of methoxy groups -OCH3 is 1. The van der Waals surface area contributed by atoms with E-state index in [1.165, 1.54) is 7.11 Å². The molecular weight excluding hydrogens is 314 g/mol. The molecule has 0 saturated carbocycles. The third-order valence-corrected chi connectivity index (χ3v) is 3.03. The van der Waals surface area contributed by atoms with Crippen LogP contribution >= 0.6 is 0 Å². The second kappa shape index (κ2) is 6.82. The molecule has 0 aliphatic heterocycles. The second-order valence-corrected chi connectivity index (χ2v) is 4.77. The summed E-state index contributed by atoms with van der Waals surface area (Å²) < 4.78 is 17.5. The topological polar surface area (TPSA) is 104 Å². The first-order valence-corrected chi connectivity index (χ1v) is 7.05. The minimum absolute atomic E-state index is 0.0238. The van der Waals surface area contributed by atoms with E-state index in [1.54, 1.807) is 42.2 Å². The monoisotopic (exact) mass is 329 g/mol. The van der Waals surface area contributed by atoms with Gasteiger partial charge in [-0.3, -0.25) is 14.8 Å². The van der Waals surface area contributed by atoms with Gasteiger partial charge in [-0.05, 0) is 18.2 Å². The van der Waals surface area contributed by atoms with Gasteiger partial charge in [0, 0.05) is 13.2 Å². The van der Waals surface area contributed by atoms with Crippen LogP contribution in [0.2, 0.25) is 0 Å². The Morgan fingerprint density at radius 2 is 2.04 bits per heavy atom. The molecule has 2 heterocycles. The molecule has 0 radical (unpaired) electrons. The van der Waals surface area contributed by atoms with Gasteiger partial charge < -0.3 is 13.9 Å². The number of para-hydroxylation sites is 2. The van der Waals surface area contributed by atoms with Crippen LogP contribution in [0.5, 0.6) is 11.5 Å². The Morgan fingerprint density at radius 3 is 2.75 bits per heavy atom. The van der Waals surface area contributed by atoms with Crippen molar-refractivity contribution in [2.24, 2.45) is 7.05 Å². The summed E-state index contributed by atoms with van der Waals surface area (Å²) in [7, 11) is 3.30. The van der Waals surface area contributed by atoms with Crippen LogP contribution < -0.4 is 14.8 Å². The highest BCUT2D eigenvalue weighted by molar-refractivity contribution is 5.89. The van der Waals surface area contributed by atoms with E-state index in [-0.39, 0.29) is 18.5 Å². The predicted molar refractivity (Wildman–Crippen MR) is 83.6 cm³/mol. The van der Waals surface area contributed by atoms with Gasteiger partial charge in [0.1, 0.15) is 5.69 Å². The quantitative estimate of drug-likeness (QED) is 0.730. The fraction of sp³-hybridized carbons (Fsp3) is 0.200. The molecule has 1 N–H and O–H groups in total. The fourth-order valence-electron chi connectivity index (χ4n) is 1.94. The van der Waals surface area contributed by atoms with Crippen LogP contribution in [0.15, 0.2) is 40.9 Å². The third-order valence-electron chi connectivity index (χ3n) is 3.03. The van der Waals surface area contributed by atoms with Crippen LogP contribution in [0.25, 0.3) is 11.6 Å². The number of carbonyl (C=O) groups excluding carboxylic acids is 1. The molecule has 0 aliphatic carbocycles. The maximum Gasteiger partial charge on any atom is 0.322 e. The summed E-state index contributed by atoms with van der Waals surface area (Å²) in [6.07, 6.45) is 1.75. The van der Waals surface area contributed by atoms with E-state index in [4.69, 9.17) is 13.9 Å². The van der Waals surface area contributed by atoms with E-state index in [1.807, 2.05) is 6.07 Å². The molecule has 2 aromatic heterocycles. The van der Waals surface area contributed by atoms with E-state index < -0.39 is 5.91 Å². The largest absolute Gasteiger partial charge is 0.493 e. The molecule has 0 aliphatic rings. The van der Waals surface area contributed by atoms with Crippen molar-refractivity contribution in [2.75, 3.05) is 19.0 Å². The van der Waals surface area contributed by atoms with Gasteiger partial charge in [-0.25, -0.2) is 0 Å². The minimum Gasteiger partial charge on any atom is -0.493 e. The normalized spacial score (nSPS) is 10.4. The number of rotatable bonds is 6. The van der Waals surface area contributed by atoms with Crippen LogP contribution in [-0.2, 0) is 11.8 Å². The summed E-state index contributed by atoms with van der Waals surface area (Å²) in [5.41, 5.74) is 0.524. The Morgan fingerprint density at radius 1 is 1.25 bits per heavy atom. The molecule has 1 aromatic carbocycles. The lowest BCUT2D eigenvalue weighted by Crippen LogP contribution is -2.20. The Labute approximate surface area is 137 Å². The van der Waals surface area contributed by atoms with Gasteiger partial charge in [0.2, 0.25) is 0 Å². The maximum absolute atomic E-state index is 11.9. The third kappa shape index (κ3) is 3.51. The van der Waals surface area contributed by atoms with Crippen molar-refractivity contribution in [1.29, 1.82) is 0 Å². The zero-order valence-corrected chi connectivity index (χ0v) is 13.1. The average molecular weight is 329 g/mol. The summed E-state index contributed by atoms with van der Waals surface area (Å²) in [6, 6.07) is 8.74. The minimum atomic E-state index is -0.433. The van der Waals surface area contributed by atoms with E-state index in [2.05, 4.69) is 20.6 Å². The van der Waals surface area contributed by atoms with Crippen molar-refractivity contribution in [3.05, 3.63) is 36.5 Å². The number of nitrogens with one attached hydrogen (secondary N) is 1. The molecule has 0 atom stereocenters. The molecule has 24 heavy (non-hydrogen) atoms. The van der Waals surface area contributed by atoms with Crippen LogP contribution in [0.1, 0.15) is 0 Å². The van der Waals surface area contributed by atoms with E-state index in [0.29, 0.717) is 17.2 Å². The highest BCUT2D eigenvalue weighted by Gasteiger charge is 2.14. The molecule has 124 valence electrons. The number of benzene rings is 1. The van der Waals surface area contributed by atoms with Crippen LogP contribution in [0.3, 0.4) is 0 Å². The smallest absolute Gasteiger partial charge is 0.322 e. The highest BCUT2D eigenvalue weighted by atomic mass is 16.5. The number of anilines is 1. The number of ether oxygens (including phenoxy) is 2. The van der Waals surface area contributed by atoms with E-state index >= 15 is 0 Å². The van der Waals surface area contributed by atoms with Crippen molar-refractivity contribution in [2.45, 2.75) is 0 Å². The number of hydrogen-bond acceptors (Lipinski definition) is 7. The summed E-state index contributed by atoms with van der Waals surface area (Å²) >= 11 is 0. The lowest BCUT2D eigenvalue weighted by molar-refractivity contribution is -0.118.